The third-order valence-corrected chi connectivity index (χ3v) is 9.28. The number of hydrogen-bond donors (Lipinski definition) is 5. The quantitative estimate of drug-likeness (QED) is 0.105. The third-order valence-electron chi connectivity index (χ3n) is 6.13. The molecule has 5 N–H and O–H groups in total. The summed E-state index contributed by atoms with van der Waals surface area (Å²) in [6.07, 6.45) is 0. The summed E-state index contributed by atoms with van der Waals surface area (Å²) >= 11 is 11.5. The molecule has 45 heavy (non-hydrogen) atoms. The molecule has 0 amide bonds. The van der Waals surface area contributed by atoms with Gasteiger partial charge in [0.05, 0.1) is 6.54 Å². The summed E-state index contributed by atoms with van der Waals surface area (Å²) in [6.45, 7) is 0.00355. The Hall–Kier alpha value is -4.08. The lowest BCUT2D eigenvalue weighted by atomic mass is 10.1. The molecule has 234 valence electrons. The van der Waals surface area contributed by atoms with Gasteiger partial charge in [0.2, 0.25) is 10.6 Å². The van der Waals surface area contributed by atoms with Crippen LogP contribution in [-0.4, -0.2) is 59.0 Å². The highest BCUT2D eigenvalue weighted by Crippen LogP contribution is 2.44. The van der Waals surface area contributed by atoms with Crippen LogP contribution in [0.2, 0.25) is 10.6 Å². The maximum Gasteiger partial charge on any atom is 0.298 e. The molecular formula is C24H16Cl2N6O10S3. The van der Waals surface area contributed by atoms with Gasteiger partial charge in [-0.1, -0.05) is 24.3 Å². The van der Waals surface area contributed by atoms with E-state index in [-0.39, 0.29) is 44.5 Å². The van der Waals surface area contributed by atoms with Crippen molar-refractivity contribution in [2.24, 2.45) is 10.2 Å². The number of anilines is 1. The fourth-order valence-electron chi connectivity index (χ4n) is 4.30. The van der Waals surface area contributed by atoms with E-state index < -0.39 is 62.2 Å². The van der Waals surface area contributed by atoms with Crippen LogP contribution in [0.4, 0.5) is 17.1 Å². The van der Waals surface area contributed by atoms with Gasteiger partial charge in [0.15, 0.2) is 11.6 Å². The summed E-state index contributed by atoms with van der Waals surface area (Å²) in [4.78, 5) is 7.89. The highest BCUT2D eigenvalue weighted by atomic mass is 35.5. The molecule has 0 saturated heterocycles. The van der Waals surface area contributed by atoms with E-state index in [1.807, 2.05) is 0 Å². The zero-order chi connectivity index (χ0) is 32.9. The molecule has 5 aromatic rings. The molecule has 16 nitrogen and oxygen atoms in total. The molecule has 5 rings (SSSR count). The van der Waals surface area contributed by atoms with Crippen LogP contribution in [0.25, 0.3) is 21.5 Å². The largest absolute Gasteiger partial charge is 0.505 e. The molecule has 0 aliphatic carbocycles. The van der Waals surface area contributed by atoms with Gasteiger partial charge in [0.1, 0.15) is 26.1 Å². The Morgan fingerprint density at radius 3 is 1.91 bits per heavy atom. The minimum absolute atomic E-state index is 0.000280. The van der Waals surface area contributed by atoms with E-state index >= 15 is 0 Å². The topological polar surface area (TPSA) is 259 Å². The number of halogens is 2. The standard InChI is InChI=1S/C24H16Cl2N6O10S3/c25-23-28-18(29-24(26)30-23)10-27-13-5-6-15-12(7-13)9-16(43(34,35)36)20(21(15)33)32-31-19-14-4-2-1-3-11(14)8-17(44(37,38)39)22(19)45(40,41)42/h1-9,27,33H,10H2,(H,34,35,36)(H,37,38,39)(H,40,41,42). The van der Waals surface area contributed by atoms with Gasteiger partial charge in [-0.15, -0.1) is 10.2 Å². The summed E-state index contributed by atoms with van der Waals surface area (Å²) < 4.78 is 103. The van der Waals surface area contributed by atoms with Gasteiger partial charge in [0, 0.05) is 16.5 Å². The third kappa shape index (κ3) is 6.79. The normalized spacial score (nSPS) is 12.7. The van der Waals surface area contributed by atoms with Crippen molar-refractivity contribution >= 4 is 92.2 Å². The van der Waals surface area contributed by atoms with E-state index in [9.17, 15) is 44.0 Å². The summed E-state index contributed by atoms with van der Waals surface area (Å²) in [5.74, 6) is -0.651. The Balaban J connectivity index is 1.68. The number of fused-ring (bicyclic) bond motifs is 2. The van der Waals surface area contributed by atoms with E-state index in [0.717, 1.165) is 12.1 Å². The second kappa shape index (κ2) is 11.7. The molecule has 0 bridgehead atoms. The van der Waals surface area contributed by atoms with Crippen LogP contribution in [0.15, 0.2) is 79.5 Å². The Labute approximate surface area is 263 Å². The van der Waals surface area contributed by atoms with Crippen LogP contribution >= 0.6 is 23.2 Å². The zero-order valence-electron chi connectivity index (χ0n) is 21.9. The van der Waals surface area contributed by atoms with Crippen molar-refractivity contribution in [3.63, 3.8) is 0 Å². The first-order valence-corrected chi connectivity index (χ1v) is 17.0. The molecule has 21 heteroatoms. The van der Waals surface area contributed by atoms with Crippen LogP contribution in [0.1, 0.15) is 5.82 Å². The average molecular weight is 716 g/mol. The second-order valence-electron chi connectivity index (χ2n) is 9.05. The number of hydrogen-bond acceptors (Lipinski definition) is 13. The van der Waals surface area contributed by atoms with E-state index in [1.54, 1.807) is 0 Å². The lowest BCUT2D eigenvalue weighted by molar-refractivity contribution is 0.467. The molecule has 0 fully saturated rings. The summed E-state index contributed by atoms with van der Waals surface area (Å²) in [5, 5.41) is 21.1. The monoisotopic (exact) mass is 714 g/mol. The van der Waals surface area contributed by atoms with Crippen molar-refractivity contribution in [1.82, 2.24) is 15.0 Å². The molecule has 0 aliphatic rings. The minimum Gasteiger partial charge on any atom is -0.505 e. The Bertz CT molecular complexity index is 2390. The summed E-state index contributed by atoms with van der Waals surface area (Å²) in [6, 6.07) is 11.4. The van der Waals surface area contributed by atoms with Gasteiger partial charge in [-0.2, -0.15) is 30.2 Å². The maximum atomic E-state index is 12.4. The average Bonchev–Trinajstić information content (AvgIpc) is 2.92. The van der Waals surface area contributed by atoms with Gasteiger partial charge in [-0.25, -0.2) is 9.97 Å². The van der Waals surface area contributed by atoms with Gasteiger partial charge in [0.25, 0.3) is 30.4 Å². The number of phenolic OH excluding ortho intramolecular Hbond substituents is 1. The van der Waals surface area contributed by atoms with Crippen LogP contribution in [0.3, 0.4) is 0 Å². The van der Waals surface area contributed by atoms with Gasteiger partial charge in [-0.3, -0.25) is 13.7 Å². The predicted molar refractivity (Wildman–Crippen MR) is 160 cm³/mol. The summed E-state index contributed by atoms with van der Waals surface area (Å²) in [5.41, 5.74) is -1.30. The van der Waals surface area contributed by atoms with Crippen LogP contribution in [-0.2, 0) is 36.9 Å². The zero-order valence-corrected chi connectivity index (χ0v) is 25.8. The van der Waals surface area contributed by atoms with Crippen molar-refractivity contribution in [3.05, 3.63) is 71.0 Å². The molecule has 0 aliphatic heterocycles. The Morgan fingerprint density at radius 1 is 0.689 bits per heavy atom. The number of nitrogens with one attached hydrogen (secondary N) is 1. The van der Waals surface area contributed by atoms with Crippen molar-refractivity contribution < 1.29 is 44.0 Å². The number of benzene rings is 4. The Morgan fingerprint density at radius 2 is 1.29 bits per heavy atom. The molecular weight excluding hydrogens is 699 g/mol. The molecule has 0 radical (unpaired) electrons. The molecule has 1 aromatic heterocycles. The first kappa shape index (κ1) is 32.3. The SMILES string of the molecule is O=S(=O)(O)c1cc2cc(NCc3nc(Cl)nc(Cl)n3)ccc2c(O)c1N=Nc1c(S(=O)(=O)O)c(S(=O)(=O)O)cc2ccccc12. The Kier molecular flexibility index (Phi) is 8.40. The molecule has 1 heterocycles. The van der Waals surface area contributed by atoms with Crippen molar-refractivity contribution in [3.8, 4) is 5.75 Å². The minimum atomic E-state index is -5.42. The molecule has 0 atom stereocenters. The van der Waals surface area contributed by atoms with Crippen molar-refractivity contribution in [1.29, 1.82) is 0 Å². The van der Waals surface area contributed by atoms with E-state index in [0.29, 0.717) is 5.69 Å². The predicted octanol–water partition coefficient (Wildman–Crippen LogP) is 4.96. The molecule has 0 spiro atoms. The lowest BCUT2D eigenvalue weighted by Gasteiger charge is -2.13. The molecule has 4 aromatic carbocycles. The highest BCUT2D eigenvalue weighted by molar-refractivity contribution is 7.89. The van der Waals surface area contributed by atoms with Crippen molar-refractivity contribution in [2.75, 3.05) is 5.32 Å². The number of aromatic hydroxyl groups is 1. The fraction of sp³-hybridized carbons (Fsp3) is 0.0417. The van der Waals surface area contributed by atoms with Crippen molar-refractivity contribution in [2.45, 2.75) is 21.2 Å². The van der Waals surface area contributed by atoms with Gasteiger partial charge < -0.3 is 10.4 Å². The second-order valence-corrected chi connectivity index (χ2v) is 13.9. The fourth-order valence-corrected chi connectivity index (χ4v) is 7.31. The van der Waals surface area contributed by atoms with E-state index in [4.69, 9.17) is 23.2 Å². The van der Waals surface area contributed by atoms with Crippen LogP contribution in [0.5, 0.6) is 5.75 Å². The first-order valence-electron chi connectivity index (χ1n) is 11.9. The smallest absolute Gasteiger partial charge is 0.298 e. The number of azo groups is 1. The highest BCUT2D eigenvalue weighted by Gasteiger charge is 2.30. The van der Waals surface area contributed by atoms with Gasteiger partial charge >= 0.3 is 0 Å². The lowest BCUT2D eigenvalue weighted by Crippen LogP contribution is -2.09. The summed E-state index contributed by atoms with van der Waals surface area (Å²) in [7, 11) is -15.8. The maximum absolute atomic E-state index is 12.4. The number of aromatic nitrogens is 3. The molecule has 0 saturated carbocycles. The molecule has 0 unspecified atom stereocenters. The van der Waals surface area contributed by atoms with Crippen LogP contribution < -0.4 is 5.32 Å². The number of phenols is 1. The van der Waals surface area contributed by atoms with E-state index in [2.05, 4.69) is 30.5 Å². The number of nitrogens with zero attached hydrogens (tertiary/aromatic N) is 5. The van der Waals surface area contributed by atoms with Gasteiger partial charge in [-0.05, 0) is 64.3 Å². The van der Waals surface area contributed by atoms with Crippen LogP contribution in [0, 0.1) is 0 Å². The number of rotatable bonds is 8. The van der Waals surface area contributed by atoms with E-state index in [1.165, 1.54) is 42.5 Å². The first-order chi connectivity index (χ1) is 20.9.